The highest BCUT2D eigenvalue weighted by Gasteiger charge is 2.26. The van der Waals surface area contributed by atoms with Crippen LogP contribution < -0.4 is 11.3 Å². The lowest BCUT2D eigenvalue weighted by atomic mass is 10.3. The minimum absolute atomic E-state index is 0.500. The highest BCUT2D eigenvalue weighted by molar-refractivity contribution is 5.79. The summed E-state index contributed by atoms with van der Waals surface area (Å²) in [6, 6.07) is 0.500. The molecule has 17 heavy (non-hydrogen) atoms. The van der Waals surface area contributed by atoms with E-state index in [-0.39, 0.29) is 0 Å². The summed E-state index contributed by atoms with van der Waals surface area (Å²) in [5.74, 6) is 7.46. The van der Waals surface area contributed by atoms with Gasteiger partial charge in [0.05, 0.1) is 6.04 Å². The van der Waals surface area contributed by atoms with Crippen molar-refractivity contribution in [2.24, 2.45) is 16.8 Å². The maximum absolute atomic E-state index is 5.66. The van der Waals surface area contributed by atoms with E-state index in [1.165, 1.54) is 38.5 Å². The monoisotopic (exact) mass is 238 g/mol. The zero-order valence-corrected chi connectivity index (χ0v) is 11.0. The van der Waals surface area contributed by atoms with E-state index in [9.17, 15) is 0 Å². The molecule has 2 rings (SSSR count). The van der Waals surface area contributed by atoms with Crippen LogP contribution in [-0.4, -0.2) is 30.0 Å². The Morgan fingerprint density at radius 3 is 2.53 bits per heavy atom. The number of hydrogen-bond donors (Lipinski definition) is 2. The molecular weight excluding hydrogens is 212 g/mol. The minimum atomic E-state index is 0.500. The number of nitrogens with one attached hydrogen (secondary N) is 1. The van der Waals surface area contributed by atoms with Crippen molar-refractivity contribution >= 4 is 5.96 Å². The molecule has 2 fully saturated rings. The largest absolute Gasteiger partial charge is 0.342 e. The molecule has 3 N–H and O–H groups in total. The summed E-state index contributed by atoms with van der Waals surface area (Å²) in [6.45, 7) is 4.40. The Labute approximate surface area is 105 Å². The fourth-order valence-electron chi connectivity index (χ4n) is 2.58. The summed E-state index contributed by atoms with van der Waals surface area (Å²) in [4.78, 5) is 7.14. The quantitative estimate of drug-likeness (QED) is 0.333. The first-order chi connectivity index (χ1) is 8.33. The number of hydrogen-bond acceptors (Lipinski definition) is 2. The standard InChI is InChI=1S/C13H26N4/c1-2-9-17(10-11-7-8-11)13(16-14)15-12-5-3-4-6-12/h11-12H,2-10,14H2,1H3,(H,15,16). The molecule has 98 valence electrons. The van der Waals surface area contributed by atoms with Crippen LogP contribution in [0.15, 0.2) is 4.99 Å². The number of guanidine groups is 1. The smallest absolute Gasteiger partial charge is 0.208 e. The third-order valence-corrected chi connectivity index (χ3v) is 3.73. The lowest BCUT2D eigenvalue weighted by Gasteiger charge is -2.26. The van der Waals surface area contributed by atoms with Crippen LogP contribution in [0.5, 0.6) is 0 Å². The van der Waals surface area contributed by atoms with Crippen molar-refractivity contribution in [2.75, 3.05) is 13.1 Å². The van der Waals surface area contributed by atoms with Crippen molar-refractivity contribution in [2.45, 2.75) is 57.9 Å². The second-order valence-corrected chi connectivity index (χ2v) is 5.42. The van der Waals surface area contributed by atoms with Gasteiger partial charge in [-0.25, -0.2) is 10.8 Å². The summed E-state index contributed by atoms with van der Waals surface area (Å²) in [5.41, 5.74) is 2.82. The maximum Gasteiger partial charge on any atom is 0.208 e. The van der Waals surface area contributed by atoms with Crippen molar-refractivity contribution in [3.8, 4) is 0 Å². The predicted molar refractivity (Wildman–Crippen MR) is 71.6 cm³/mol. The minimum Gasteiger partial charge on any atom is -0.342 e. The predicted octanol–water partition coefficient (Wildman–Crippen LogP) is 1.87. The van der Waals surface area contributed by atoms with Gasteiger partial charge in [-0.15, -0.1) is 0 Å². The van der Waals surface area contributed by atoms with Crippen molar-refractivity contribution in [3.05, 3.63) is 0 Å². The summed E-state index contributed by atoms with van der Waals surface area (Å²) in [6.07, 6.45) is 9.01. The highest BCUT2D eigenvalue weighted by Crippen LogP contribution is 2.30. The Kier molecular flexibility index (Phi) is 4.66. The molecule has 0 bridgehead atoms. The van der Waals surface area contributed by atoms with Gasteiger partial charge in [0.2, 0.25) is 5.96 Å². The van der Waals surface area contributed by atoms with Gasteiger partial charge in [0.1, 0.15) is 0 Å². The van der Waals surface area contributed by atoms with Crippen LogP contribution in [0.3, 0.4) is 0 Å². The molecule has 0 radical (unpaired) electrons. The Bertz CT molecular complexity index is 254. The molecule has 0 atom stereocenters. The van der Waals surface area contributed by atoms with Crippen LogP contribution in [0, 0.1) is 5.92 Å². The second-order valence-electron chi connectivity index (χ2n) is 5.42. The molecular formula is C13H26N4. The van der Waals surface area contributed by atoms with Crippen molar-refractivity contribution in [3.63, 3.8) is 0 Å². The number of rotatable bonds is 5. The third kappa shape index (κ3) is 3.87. The van der Waals surface area contributed by atoms with Crippen LogP contribution in [0.4, 0.5) is 0 Å². The summed E-state index contributed by atoms with van der Waals surface area (Å²) in [7, 11) is 0. The second kappa shape index (κ2) is 6.24. The van der Waals surface area contributed by atoms with Crippen molar-refractivity contribution in [1.29, 1.82) is 0 Å². The SMILES string of the molecule is CCCN(CC1CC1)C(=NC1CCCC1)NN. The van der Waals surface area contributed by atoms with Gasteiger partial charge in [-0.3, -0.25) is 5.43 Å². The Balaban J connectivity index is 1.95. The number of nitrogens with zero attached hydrogens (tertiary/aromatic N) is 2. The molecule has 0 aromatic carbocycles. The topological polar surface area (TPSA) is 53.6 Å². The molecule has 0 spiro atoms. The highest BCUT2D eigenvalue weighted by atomic mass is 15.4. The van der Waals surface area contributed by atoms with Gasteiger partial charge in [0.15, 0.2) is 0 Å². The summed E-state index contributed by atoms with van der Waals surface area (Å²) >= 11 is 0. The summed E-state index contributed by atoms with van der Waals surface area (Å²) in [5, 5.41) is 0. The van der Waals surface area contributed by atoms with Gasteiger partial charge in [-0.05, 0) is 38.0 Å². The molecule has 0 saturated heterocycles. The lowest BCUT2D eigenvalue weighted by Crippen LogP contribution is -2.46. The van der Waals surface area contributed by atoms with Crippen LogP contribution >= 0.6 is 0 Å². The van der Waals surface area contributed by atoms with Crippen LogP contribution in [0.2, 0.25) is 0 Å². The Morgan fingerprint density at radius 2 is 2.00 bits per heavy atom. The van der Waals surface area contributed by atoms with Crippen molar-refractivity contribution in [1.82, 2.24) is 10.3 Å². The van der Waals surface area contributed by atoms with Gasteiger partial charge in [-0.1, -0.05) is 19.8 Å². The van der Waals surface area contributed by atoms with Gasteiger partial charge in [-0.2, -0.15) is 0 Å². The van der Waals surface area contributed by atoms with Gasteiger partial charge >= 0.3 is 0 Å². The number of hydrazine groups is 1. The first kappa shape index (κ1) is 12.7. The van der Waals surface area contributed by atoms with Crippen LogP contribution in [0.1, 0.15) is 51.9 Å². The molecule has 0 aromatic rings. The number of nitrogens with two attached hydrogens (primary N) is 1. The molecule has 0 aromatic heterocycles. The fourth-order valence-corrected chi connectivity index (χ4v) is 2.58. The van der Waals surface area contributed by atoms with E-state index in [0.29, 0.717) is 6.04 Å². The first-order valence-electron chi connectivity index (χ1n) is 7.12. The van der Waals surface area contributed by atoms with Crippen LogP contribution in [0.25, 0.3) is 0 Å². The molecule has 2 aliphatic rings. The fraction of sp³-hybridized carbons (Fsp3) is 0.923. The van der Waals surface area contributed by atoms with E-state index < -0.39 is 0 Å². The lowest BCUT2D eigenvalue weighted by molar-refractivity contribution is 0.382. The molecule has 0 amide bonds. The van der Waals surface area contributed by atoms with E-state index in [1.807, 2.05) is 0 Å². The van der Waals surface area contributed by atoms with Gasteiger partial charge in [0, 0.05) is 13.1 Å². The average Bonchev–Trinajstić information content (AvgIpc) is 3.00. The van der Waals surface area contributed by atoms with Gasteiger partial charge in [0.25, 0.3) is 0 Å². The van der Waals surface area contributed by atoms with Crippen LogP contribution in [-0.2, 0) is 0 Å². The molecule has 4 heteroatoms. The third-order valence-electron chi connectivity index (χ3n) is 3.73. The molecule has 0 aliphatic heterocycles. The maximum atomic E-state index is 5.66. The molecule has 2 saturated carbocycles. The molecule has 2 aliphatic carbocycles. The Hall–Kier alpha value is -0.770. The number of aliphatic imine (C=N–C) groups is 1. The zero-order chi connectivity index (χ0) is 12.1. The first-order valence-corrected chi connectivity index (χ1v) is 7.12. The van der Waals surface area contributed by atoms with Gasteiger partial charge < -0.3 is 4.90 Å². The van der Waals surface area contributed by atoms with E-state index in [1.54, 1.807) is 0 Å². The van der Waals surface area contributed by atoms with E-state index >= 15 is 0 Å². The van der Waals surface area contributed by atoms with E-state index in [2.05, 4.69) is 17.2 Å². The zero-order valence-electron chi connectivity index (χ0n) is 11.0. The average molecular weight is 238 g/mol. The Morgan fingerprint density at radius 1 is 1.29 bits per heavy atom. The summed E-state index contributed by atoms with van der Waals surface area (Å²) < 4.78 is 0. The molecule has 4 nitrogen and oxygen atoms in total. The van der Waals surface area contributed by atoms with Crippen molar-refractivity contribution < 1.29 is 0 Å². The van der Waals surface area contributed by atoms with E-state index in [0.717, 1.165) is 31.4 Å². The normalized spacial score (nSPS) is 21.9. The molecule has 0 heterocycles. The van der Waals surface area contributed by atoms with E-state index in [4.69, 9.17) is 10.8 Å². The molecule has 0 unspecified atom stereocenters.